The number of thiocarbonyl (C=S) groups is 1. The largest absolute Gasteiger partial charge is 0.326 e. The van der Waals surface area contributed by atoms with Gasteiger partial charge in [0.1, 0.15) is 4.99 Å². The quantitative estimate of drug-likeness (QED) is 0.472. The number of rotatable bonds is 2. The number of fused-ring (bicyclic) bond motifs is 2. The molecule has 0 atom stereocenters. The zero-order valence-electron chi connectivity index (χ0n) is 14.8. The average molecular weight is 370 g/mol. The number of nitrogens with one attached hydrogen (secondary N) is 1. The van der Waals surface area contributed by atoms with Crippen LogP contribution in [0, 0.1) is 0 Å². The molecule has 0 heterocycles. The molecule has 0 aliphatic heterocycles. The molecular weight excluding hydrogens is 352 g/mol. The van der Waals surface area contributed by atoms with Crippen LogP contribution in [0.15, 0.2) is 84.9 Å². The van der Waals surface area contributed by atoms with Gasteiger partial charge in [0, 0.05) is 18.3 Å². The molecule has 4 heteroatoms. The van der Waals surface area contributed by atoms with E-state index in [1.807, 2.05) is 78.9 Å². The molecule has 0 aliphatic carbocycles. The van der Waals surface area contributed by atoms with E-state index >= 15 is 0 Å². The van der Waals surface area contributed by atoms with Crippen LogP contribution in [0.5, 0.6) is 0 Å². The third-order valence-corrected chi connectivity index (χ3v) is 5.00. The Labute approximate surface area is 163 Å². The molecule has 132 valence electrons. The van der Waals surface area contributed by atoms with Gasteiger partial charge in [-0.05, 0) is 33.7 Å². The predicted molar refractivity (Wildman–Crippen MR) is 117 cm³/mol. The summed E-state index contributed by atoms with van der Waals surface area (Å²) in [6, 6.07) is 27.7. The van der Waals surface area contributed by atoms with Crippen molar-refractivity contribution in [1.29, 1.82) is 0 Å². The first-order chi connectivity index (χ1) is 13.1. The smallest absolute Gasteiger partial charge is 0.298 e. The second-order valence-electron chi connectivity index (χ2n) is 6.38. The van der Waals surface area contributed by atoms with Crippen molar-refractivity contribution >= 4 is 50.5 Å². The van der Waals surface area contributed by atoms with Crippen molar-refractivity contribution in [3.8, 4) is 0 Å². The van der Waals surface area contributed by atoms with E-state index in [0.29, 0.717) is 4.99 Å². The van der Waals surface area contributed by atoms with Crippen molar-refractivity contribution in [2.24, 2.45) is 0 Å². The Kier molecular flexibility index (Phi) is 4.57. The Hall–Kier alpha value is -3.24. The molecular formula is C23H18N2OS. The number of hydrogen-bond donors (Lipinski definition) is 1. The maximum Gasteiger partial charge on any atom is 0.326 e. The highest BCUT2D eigenvalue weighted by Gasteiger charge is 2.15. The molecule has 4 aromatic carbocycles. The Bertz CT molecular complexity index is 1160. The Morgan fingerprint density at radius 2 is 1.48 bits per heavy atom. The van der Waals surface area contributed by atoms with Crippen LogP contribution in [0.25, 0.3) is 21.5 Å². The van der Waals surface area contributed by atoms with Gasteiger partial charge in [0.05, 0.1) is 0 Å². The summed E-state index contributed by atoms with van der Waals surface area (Å²) in [6.45, 7) is 0. The predicted octanol–water partition coefficient (Wildman–Crippen LogP) is 5.51. The van der Waals surface area contributed by atoms with Crippen molar-refractivity contribution in [2.45, 2.75) is 0 Å². The lowest BCUT2D eigenvalue weighted by molar-refractivity contribution is 0.252. The Morgan fingerprint density at radius 1 is 0.815 bits per heavy atom. The average Bonchev–Trinajstić information content (AvgIpc) is 2.72. The molecule has 0 aliphatic rings. The van der Waals surface area contributed by atoms with Gasteiger partial charge in [0.2, 0.25) is 0 Å². The number of amides is 2. The number of benzene rings is 4. The number of nitrogens with zero attached hydrogens (tertiary/aromatic N) is 1. The summed E-state index contributed by atoms with van der Waals surface area (Å²) in [5.41, 5.74) is 1.66. The lowest BCUT2D eigenvalue weighted by atomic mass is 10.0. The first kappa shape index (κ1) is 17.2. The highest BCUT2D eigenvalue weighted by atomic mass is 32.1. The molecule has 0 radical (unpaired) electrons. The van der Waals surface area contributed by atoms with Gasteiger partial charge in [-0.3, -0.25) is 10.2 Å². The van der Waals surface area contributed by atoms with E-state index in [1.165, 1.54) is 0 Å². The van der Waals surface area contributed by atoms with Gasteiger partial charge >= 0.3 is 6.03 Å². The Morgan fingerprint density at radius 3 is 2.30 bits per heavy atom. The summed E-state index contributed by atoms with van der Waals surface area (Å²) >= 11 is 5.51. The van der Waals surface area contributed by atoms with Crippen molar-refractivity contribution in [2.75, 3.05) is 11.9 Å². The van der Waals surface area contributed by atoms with Gasteiger partial charge in [-0.1, -0.05) is 85.0 Å². The van der Waals surface area contributed by atoms with Crippen LogP contribution in [0.4, 0.5) is 10.5 Å². The second-order valence-corrected chi connectivity index (χ2v) is 6.78. The van der Waals surface area contributed by atoms with Gasteiger partial charge in [0.25, 0.3) is 0 Å². The van der Waals surface area contributed by atoms with Crippen molar-refractivity contribution < 1.29 is 4.79 Å². The van der Waals surface area contributed by atoms with Crippen molar-refractivity contribution in [3.63, 3.8) is 0 Å². The molecule has 27 heavy (non-hydrogen) atoms. The first-order valence-corrected chi connectivity index (χ1v) is 9.10. The minimum atomic E-state index is -0.261. The van der Waals surface area contributed by atoms with E-state index in [9.17, 15) is 4.79 Å². The molecule has 4 rings (SSSR count). The summed E-state index contributed by atoms with van der Waals surface area (Å²) in [4.78, 5) is 14.7. The van der Waals surface area contributed by atoms with Crippen LogP contribution < -0.4 is 10.2 Å². The Balaban J connectivity index is 1.57. The minimum absolute atomic E-state index is 0.261. The molecule has 0 spiro atoms. The van der Waals surface area contributed by atoms with Gasteiger partial charge in [0.15, 0.2) is 0 Å². The van der Waals surface area contributed by atoms with Gasteiger partial charge in [-0.25, -0.2) is 4.79 Å². The molecule has 0 fully saturated rings. The van der Waals surface area contributed by atoms with Crippen LogP contribution in [-0.2, 0) is 0 Å². The maximum atomic E-state index is 12.7. The summed E-state index contributed by atoms with van der Waals surface area (Å²) in [7, 11) is 1.74. The molecule has 0 aromatic heterocycles. The van der Waals surface area contributed by atoms with E-state index in [0.717, 1.165) is 32.8 Å². The summed E-state index contributed by atoms with van der Waals surface area (Å²) < 4.78 is 0. The summed E-state index contributed by atoms with van der Waals surface area (Å²) in [5.74, 6) is 0. The second kappa shape index (κ2) is 7.17. The van der Waals surface area contributed by atoms with E-state index in [2.05, 4.69) is 11.4 Å². The van der Waals surface area contributed by atoms with Crippen LogP contribution in [-0.4, -0.2) is 18.1 Å². The van der Waals surface area contributed by atoms with E-state index in [4.69, 9.17) is 12.2 Å². The topological polar surface area (TPSA) is 32.3 Å². The van der Waals surface area contributed by atoms with Crippen LogP contribution in [0.2, 0.25) is 0 Å². The fourth-order valence-corrected chi connectivity index (χ4v) is 3.44. The molecule has 0 saturated carbocycles. The first-order valence-electron chi connectivity index (χ1n) is 8.69. The fraction of sp³-hybridized carbons (Fsp3) is 0.0435. The normalized spacial score (nSPS) is 10.7. The number of anilines is 1. The SMILES string of the molecule is CN(C(=O)NC(=S)c1cccc2ccccc12)c1ccc2ccccc2c1. The number of hydrogen-bond acceptors (Lipinski definition) is 2. The third-order valence-electron chi connectivity index (χ3n) is 4.68. The summed E-state index contributed by atoms with van der Waals surface area (Å²) in [5, 5.41) is 7.20. The van der Waals surface area contributed by atoms with Crippen molar-refractivity contribution in [3.05, 3.63) is 90.5 Å². The molecule has 0 bridgehead atoms. The number of carbonyl (C=O) groups is 1. The van der Waals surface area contributed by atoms with E-state index < -0.39 is 0 Å². The van der Waals surface area contributed by atoms with Crippen molar-refractivity contribution in [1.82, 2.24) is 5.32 Å². The highest BCUT2D eigenvalue weighted by molar-refractivity contribution is 7.80. The van der Waals surface area contributed by atoms with Gasteiger partial charge < -0.3 is 0 Å². The lowest BCUT2D eigenvalue weighted by Crippen LogP contribution is -2.40. The molecule has 0 unspecified atom stereocenters. The monoisotopic (exact) mass is 370 g/mol. The zero-order valence-corrected chi connectivity index (χ0v) is 15.7. The standard InChI is InChI=1S/C23H18N2OS/c1-25(19-14-13-16-7-2-3-9-18(16)15-19)23(26)24-22(27)21-12-6-10-17-8-4-5-11-20(17)21/h2-15H,1H3,(H,24,26,27). The molecule has 4 aromatic rings. The van der Waals surface area contributed by atoms with Crippen LogP contribution in [0.1, 0.15) is 5.56 Å². The van der Waals surface area contributed by atoms with Gasteiger partial charge in [-0.15, -0.1) is 0 Å². The fourth-order valence-electron chi connectivity index (χ4n) is 3.17. The van der Waals surface area contributed by atoms with Gasteiger partial charge in [-0.2, -0.15) is 0 Å². The minimum Gasteiger partial charge on any atom is -0.298 e. The lowest BCUT2D eigenvalue weighted by Gasteiger charge is -2.19. The van der Waals surface area contributed by atoms with E-state index in [-0.39, 0.29) is 6.03 Å². The number of urea groups is 1. The van der Waals surface area contributed by atoms with Crippen LogP contribution in [0.3, 0.4) is 0 Å². The molecule has 1 N–H and O–H groups in total. The highest BCUT2D eigenvalue weighted by Crippen LogP contribution is 2.22. The zero-order chi connectivity index (χ0) is 18.8. The maximum absolute atomic E-state index is 12.7. The third kappa shape index (κ3) is 3.39. The molecule has 0 saturated heterocycles. The summed E-state index contributed by atoms with van der Waals surface area (Å²) in [6.07, 6.45) is 0. The number of carbonyl (C=O) groups excluding carboxylic acids is 1. The molecule has 3 nitrogen and oxygen atoms in total. The molecule has 2 amide bonds. The van der Waals surface area contributed by atoms with E-state index in [1.54, 1.807) is 11.9 Å². The van der Waals surface area contributed by atoms with Crippen LogP contribution >= 0.6 is 12.2 Å².